The lowest BCUT2D eigenvalue weighted by Crippen LogP contribution is -2.42. The van der Waals surface area contributed by atoms with Gasteiger partial charge in [-0.05, 0) is 52.2 Å². The van der Waals surface area contributed by atoms with Gasteiger partial charge in [0.15, 0.2) is 11.5 Å². The van der Waals surface area contributed by atoms with Gasteiger partial charge in [0.25, 0.3) is 0 Å². The van der Waals surface area contributed by atoms with Gasteiger partial charge in [0.05, 0.1) is 12.2 Å². The molecule has 0 aromatic carbocycles. The molecule has 0 aliphatic carbocycles. The zero-order valence-corrected chi connectivity index (χ0v) is 17.2. The van der Waals surface area contributed by atoms with E-state index in [1.165, 1.54) is 0 Å². The maximum atomic E-state index is 12.5. The molecule has 1 N–H and O–H groups in total. The van der Waals surface area contributed by atoms with E-state index >= 15 is 0 Å². The number of carbonyl (C=O) groups is 2. The first-order valence-electron chi connectivity index (χ1n) is 10.2. The second kappa shape index (κ2) is 7.53. The number of fused-ring (bicyclic) bond motifs is 1. The number of ether oxygens (including phenoxy) is 1. The molecule has 2 fully saturated rings. The van der Waals surface area contributed by atoms with Gasteiger partial charge >= 0.3 is 6.09 Å². The summed E-state index contributed by atoms with van der Waals surface area (Å²) in [6, 6.07) is 3.80. The number of aromatic nitrogens is 3. The van der Waals surface area contributed by atoms with Crippen molar-refractivity contribution in [3.05, 3.63) is 18.3 Å². The lowest BCUT2D eigenvalue weighted by molar-refractivity contribution is -0.117. The molecule has 156 valence electrons. The quantitative estimate of drug-likeness (QED) is 0.848. The fourth-order valence-electron chi connectivity index (χ4n) is 3.86. The van der Waals surface area contributed by atoms with Gasteiger partial charge in [-0.3, -0.25) is 9.69 Å². The summed E-state index contributed by atoms with van der Waals surface area (Å²) in [4.78, 5) is 32.4. The molecule has 2 aliphatic rings. The fraction of sp³-hybridized carbons (Fsp3) is 0.600. The summed E-state index contributed by atoms with van der Waals surface area (Å²) < 4.78 is 7.23. The van der Waals surface area contributed by atoms with E-state index in [0.717, 1.165) is 19.3 Å². The predicted molar refractivity (Wildman–Crippen MR) is 109 cm³/mol. The normalized spacial score (nSPS) is 20.0. The van der Waals surface area contributed by atoms with E-state index in [1.54, 1.807) is 20.5 Å². The van der Waals surface area contributed by atoms with Gasteiger partial charge in [0.2, 0.25) is 5.91 Å². The number of hydrogen-bond acceptors (Lipinski definition) is 6. The van der Waals surface area contributed by atoms with Crippen LogP contribution >= 0.6 is 0 Å². The van der Waals surface area contributed by atoms with Crippen LogP contribution in [0.2, 0.25) is 0 Å². The van der Waals surface area contributed by atoms with Gasteiger partial charge in [-0.2, -0.15) is 4.52 Å². The van der Waals surface area contributed by atoms with Crippen molar-refractivity contribution in [2.24, 2.45) is 0 Å². The van der Waals surface area contributed by atoms with Crippen molar-refractivity contribution in [3.8, 4) is 0 Å². The Balaban J connectivity index is 1.45. The largest absolute Gasteiger partial charge is 0.444 e. The summed E-state index contributed by atoms with van der Waals surface area (Å²) in [5, 5.41) is 7.95. The van der Waals surface area contributed by atoms with E-state index in [0.29, 0.717) is 43.3 Å². The van der Waals surface area contributed by atoms with Crippen LogP contribution in [0.5, 0.6) is 0 Å². The second-order valence-electron chi connectivity index (χ2n) is 8.60. The highest BCUT2D eigenvalue weighted by molar-refractivity contribution is 5.94. The Morgan fingerprint density at radius 1 is 1.28 bits per heavy atom. The van der Waals surface area contributed by atoms with Crippen molar-refractivity contribution in [3.63, 3.8) is 0 Å². The van der Waals surface area contributed by atoms with E-state index < -0.39 is 5.60 Å². The van der Waals surface area contributed by atoms with Crippen molar-refractivity contribution in [1.82, 2.24) is 19.5 Å². The van der Waals surface area contributed by atoms with Crippen molar-refractivity contribution < 1.29 is 14.3 Å². The molecule has 2 amide bonds. The molecule has 0 bridgehead atoms. The molecule has 2 aliphatic heterocycles. The van der Waals surface area contributed by atoms with Crippen molar-refractivity contribution in [2.75, 3.05) is 29.9 Å². The molecule has 29 heavy (non-hydrogen) atoms. The lowest BCUT2D eigenvalue weighted by Gasteiger charge is -2.28. The Morgan fingerprint density at radius 2 is 2.10 bits per heavy atom. The van der Waals surface area contributed by atoms with Crippen LogP contribution in [0.3, 0.4) is 0 Å². The summed E-state index contributed by atoms with van der Waals surface area (Å²) in [6.07, 6.45) is 4.72. The van der Waals surface area contributed by atoms with Gasteiger partial charge in [-0.25, -0.2) is 9.78 Å². The molecular formula is C20H28N6O3. The third-order valence-corrected chi connectivity index (χ3v) is 5.22. The first-order chi connectivity index (χ1) is 13.8. The monoisotopic (exact) mass is 400 g/mol. The number of imidazole rings is 1. The third kappa shape index (κ3) is 4.13. The predicted octanol–water partition coefficient (Wildman–Crippen LogP) is 2.67. The molecule has 2 saturated heterocycles. The Kier molecular flexibility index (Phi) is 5.06. The molecule has 0 saturated carbocycles. The number of amides is 2. The molecule has 4 heterocycles. The number of nitrogens with zero attached hydrogens (tertiary/aromatic N) is 5. The number of likely N-dealkylation sites (tertiary alicyclic amines) is 1. The van der Waals surface area contributed by atoms with E-state index in [4.69, 9.17) is 4.74 Å². The average molecular weight is 400 g/mol. The minimum Gasteiger partial charge on any atom is -0.444 e. The third-order valence-electron chi connectivity index (χ3n) is 5.22. The molecule has 0 spiro atoms. The van der Waals surface area contributed by atoms with Crippen LogP contribution in [0, 0.1) is 0 Å². The van der Waals surface area contributed by atoms with Gasteiger partial charge in [0, 0.05) is 26.1 Å². The fourth-order valence-corrected chi connectivity index (χ4v) is 3.86. The molecule has 2 aromatic rings. The summed E-state index contributed by atoms with van der Waals surface area (Å²) in [5.74, 6) is 1.48. The number of rotatable bonds is 4. The minimum atomic E-state index is -0.505. The van der Waals surface area contributed by atoms with Crippen molar-refractivity contribution in [1.29, 1.82) is 0 Å². The molecule has 0 unspecified atom stereocenters. The van der Waals surface area contributed by atoms with Crippen LogP contribution in [-0.4, -0.2) is 62.8 Å². The molecule has 4 rings (SSSR count). The lowest BCUT2D eigenvalue weighted by atomic mass is 10.2. The summed E-state index contributed by atoms with van der Waals surface area (Å²) in [7, 11) is 0. The first kappa shape index (κ1) is 19.5. The standard InChI is InChI=1S/C20H28N6O3/c1-20(2,3)29-19(28)24-10-4-6-14(24)12-21-15-8-9-16-22-13-17(26(16)23-15)25-11-5-7-18(25)27/h8-9,13-14H,4-7,10-12H2,1-3H3,(H,21,23)/t14-/m0/s1. The molecule has 2 aromatic heterocycles. The molecule has 1 atom stereocenters. The van der Waals surface area contributed by atoms with E-state index in [1.807, 2.05) is 32.9 Å². The average Bonchev–Trinajstić information content (AvgIpc) is 3.37. The van der Waals surface area contributed by atoms with Gasteiger partial charge < -0.3 is 15.0 Å². The topological polar surface area (TPSA) is 92.1 Å². The zero-order chi connectivity index (χ0) is 20.6. The van der Waals surface area contributed by atoms with Crippen LogP contribution < -0.4 is 10.2 Å². The maximum Gasteiger partial charge on any atom is 0.410 e. The summed E-state index contributed by atoms with van der Waals surface area (Å²) >= 11 is 0. The van der Waals surface area contributed by atoms with Crippen LogP contribution in [0.1, 0.15) is 46.5 Å². The number of nitrogens with one attached hydrogen (secondary N) is 1. The SMILES string of the molecule is CC(C)(C)OC(=O)N1CCC[C@H]1CNc1ccc2ncc(N3CCCC3=O)n2n1. The molecule has 9 nitrogen and oxygen atoms in total. The highest BCUT2D eigenvalue weighted by atomic mass is 16.6. The molecular weight excluding hydrogens is 372 g/mol. The Hall–Kier alpha value is -2.84. The maximum absolute atomic E-state index is 12.5. The molecule has 0 radical (unpaired) electrons. The zero-order valence-electron chi connectivity index (χ0n) is 17.2. The molecule has 9 heteroatoms. The van der Waals surface area contributed by atoms with Gasteiger partial charge in [-0.15, -0.1) is 5.10 Å². The van der Waals surface area contributed by atoms with Crippen LogP contribution in [0.25, 0.3) is 5.65 Å². The first-order valence-corrected chi connectivity index (χ1v) is 10.2. The number of carbonyl (C=O) groups excluding carboxylic acids is 2. The number of hydrogen-bond donors (Lipinski definition) is 1. The Labute approximate surface area is 170 Å². The summed E-state index contributed by atoms with van der Waals surface area (Å²) in [5.41, 5.74) is 0.191. The van der Waals surface area contributed by atoms with Crippen LogP contribution in [0.15, 0.2) is 18.3 Å². The highest BCUT2D eigenvalue weighted by Gasteiger charge is 2.32. The second-order valence-corrected chi connectivity index (χ2v) is 8.60. The summed E-state index contributed by atoms with van der Waals surface area (Å²) in [6.45, 7) is 7.61. The Bertz CT molecular complexity index is 919. The van der Waals surface area contributed by atoms with Crippen LogP contribution in [-0.2, 0) is 9.53 Å². The number of anilines is 2. The minimum absolute atomic E-state index is 0.0600. The van der Waals surface area contributed by atoms with Crippen molar-refractivity contribution in [2.45, 2.75) is 58.1 Å². The van der Waals surface area contributed by atoms with Gasteiger partial charge in [0.1, 0.15) is 11.4 Å². The van der Waals surface area contributed by atoms with E-state index in [9.17, 15) is 9.59 Å². The highest BCUT2D eigenvalue weighted by Crippen LogP contribution is 2.24. The van der Waals surface area contributed by atoms with Crippen LogP contribution in [0.4, 0.5) is 16.4 Å². The van der Waals surface area contributed by atoms with E-state index in [2.05, 4.69) is 15.4 Å². The van der Waals surface area contributed by atoms with Gasteiger partial charge in [-0.1, -0.05) is 0 Å². The van der Waals surface area contributed by atoms with Crippen molar-refractivity contribution >= 4 is 29.3 Å². The Morgan fingerprint density at radius 3 is 2.83 bits per heavy atom. The smallest absolute Gasteiger partial charge is 0.410 e. The van der Waals surface area contributed by atoms with E-state index in [-0.39, 0.29) is 18.0 Å².